The third-order valence-corrected chi connectivity index (χ3v) is 3.59. The van der Waals surface area contributed by atoms with Crippen LogP contribution < -0.4 is 10.4 Å². The lowest BCUT2D eigenvalue weighted by atomic mass is 9.82. The second-order valence-corrected chi connectivity index (χ2v) is 4.62. The SMILES string of the molecule is OB(O)c1ccc(N2CC3C(C2)C3(F)F)nc1. The van der Waals surface area contributed by atoms with Gasteiger partial charge in [0, 0.05) is 24.7 Å². The summed E-state index contributed by atoms with van der Waals surface area (Å²) in [6.45, 7) is 0.650. The van der Waals surface area contributed by atoms with Crippen molar-refractivity contribution in [2.45, 2.75) is 5.92 Å². The van der Waals surface area contributed by atoms with Gasteiger partial charge in [0.25, 0.3) is 5.92 Å². The van der Waals surface area contributed by atoms with Gasteiger partial charge in [0.05, 0.1) is 11.8 Å². The number of anilines is 1. The Kier molecular flexibility index (Phi) is 2.18. The number of alkyl halides is 2. The number of hydrogen-bond donors (Lipinski definition) is 2. The van der Waals surface area contributed by atoms with Crippen LogP contribution in [0.1, 0.15) is 0 Å². The Labute approximate surface area is 97.0 Å². The Morgan fingerprint density at radius 2 is 1.94 bits per heavy atom. The van der Waals surface area contributed by atoms with Gasteiger partial charge >= 0.3 is 7.12 Å². The minimum Gasteiger partial charge on any atom is -0.423 e. The van der Waals surface area contributed by atoms with Gasteiger partial charge in [-0.2, -0.15) is 0 Å². The van der Waals surface area contributed by atoms with Gasteiger partial charge < -0.3 is 14.9 Å². The van der Waals surface area contributed by atoms with E-state index < -0.39 is 24.9 Å². The van der Waals surface area contributed by atoms with Gasteiger partial charge in [-0.25, -0.2) is 13.8 Å². The van der Waals surface area contributed by atoms with Crippen molar-refractivity contribution in [3.63, 3.8) is 0 Å². The van der Waals surface area contributed by atoms with Crippen LogP contribution in [-0.4, -0.2) is 41.2 Å². The number of halogens is 2. The van der Waals surface area contributed by atoms with Crippen LogP contribution in [-0.2, 0) is 0 Å². The highest BCUT2D eigenvalue weighted by atomic mass is 19.3. The van der Waals surface area contributed by atoms with Crippen molar-refractivity contribution in [3.05, 3.63) is 18.3 Å². The molecule has 90 valence electrons. The Morgan fingerprint density at radius 3 is 2.41 bits per heavy atom. The summed E-state index contributed by atoms with van der Waals surface area (Å²) < 4.78 is 26.0. The summed E-state index contributed by atoms with van der Waals surface area (Å²) in [5, 5.41) is 17.8. The van der Waals surface area contributed by atoms with E-state index in [2.05, 4.69) is 4.98 Å². The first-order valence-electron chi connectivity index (χ1n) is 5.45. The first-order chi connectivity index (χ1) is 8.00. The van der Waals surface area contributed by atoms with Crippen LogP contribution in [0.2, 0.25) is 0 Å². The van der Waals surface area contributed by atoms with Gasteiger partial charge in [0.15, 0.2) is 0 Å². The molecule has 2 fully saturated rings. The molecule has 1 aliphatic carbocycles. The summed E-state index contributed by atoms with van der Waals surface area (Å²) in [4.78, 5) is 5.85. The molecule has 3 rings (SSSR count). The molecule has 4 nitrogen and oxygen atoms in total. The molecule has 0 aromatic carbocycles. The van der Waals surface area contributed by atoms with Gasteiger partial charge in [-0.15, -0.1) is 0 Å². The Bertz CT molecular complexity index is 426. The molecule has 1 aromatic heterocycles. The fourth-order valence-corrected chi connectivity index (χ4v) is 2.43. The van der Waals surface area contributed by atoms with Crippen molar-refractivity contribution in [2.75, 3.05) is 18.0 Å². The predicted octanol–water partition coefficient (Wildman–Crippen LogP) is -0.537. The number of hydrogen-bond acceptors (Lipinski definition) is 4. The van der Waals surface area contributed by atoms with E-state index in [1.165, 1.54) is 12.3 Å². The van der Waals surface area contributed by atoms with Crippen molar-refractivity contribution in [3.8, 4) is 0 Å². The number of aromatic nitrogens is 1. The molecule has 0 bridgehead atoms. The summed E-state index contributed by atoms with van der Waals surface area (Å²) in [5.41, 5.74) is 0.295. The van der Waals surface area contributed by atoms with Gasteiger partial charge in [0.1, 0.15) is 5.82 Å². The van der Waals surface area contributed by atoms with Gasteiger partial charge in [-0.1, -0.05) is 6.07 Å². The zero-order valence-corrected chi connectivity index (χ0v) is 8.92. The van der Waals surface area contributed by atoms with E-state index in [9.17, 15) is 8.78 Å². The fraction of sp³-hybridized carbons (Fsp3) is 0.500. The van der Waals surface area contributed by atoms with E-state index in [-0.39, 0.29) is 0 Å². The second kappa shape index (κ2) is 3.40. The molecule has 2 aliphatic rings. The molecular formula is C10H11BF2N2O2. The van der Waals surface area contributed by atoms with Crippen LogP contribution in [0.25, 0.3) is 0 Å². The molecule has 1 aliphatic heterocycles. The van der Waals surface area contributed by atoms with Crippen molar-refractivity contribution < 1.29 is 18.8 Å². The van der Waals surface area contributed by atoms with Gasteiger partial charge in [-0.05, 0) is 6.07 Å². The Morgan fingerprint density at radius 1 is 1.29 bits per heavy atom. The number of piperidine rings is 1. The molecule has 0 amide bonds. The maximum absolute atomic E-state index is 13.0. The highest BCUT2D eigenvalue weighted by Gasteiger charge is 2.71. The van der Waals surface area contributed by atoms with E-state index >= 15 is 0 Å². The van der Waals surface area contributed by atoms with Crippen molar-refractivity contribution >= 4 is 18.4 Å². The second-order valence-electron chi connectivity index (χ2n) is 4.62. The molecule has 2 heterocycles. The highest BCUT2D eigenvalue weighted by Crippen LogP contribution is 2.59. The molecule has 0 spiro atoms. The third-order valence-electron chi connectivity index (χ3n) is 3.59. The molecule has 2 unspecified atom stereocenters. The quantitative estimate of drug-likeness (QED) is 0.682. The topological polar surface area (TPSA) is 56.6 Å². The smallest absolute Gasteiger partial charge is 0.423 e. The fourth-order valence-electron chi connectivity index (χ4n) is 2.43. The van der Waals surface area contributed by atoms with Gasteiger partial charge in [0.2, 0.25) is 0 Å². The molecule has 17 heavy (non-hydrogen) atoms. The molecule has 2 N–H and O–H groups in total. The molecule has 1 saturated heterocycles. The lowest BCUT2D eigenvalue weighted by molar-refractivity contribution is 0.0797. The molecule has 1 saturated carbocycles. The number of fused-ring (bicyclic) bond motifs is 1. The van der Waals surface area contributed by atoms with Crippen LogP contribution in [0.4, 0.5) is 14.6 Å². The number of pyridine rings is 1. The number of nitrogens with zero attached hydrogens (tertiary/aromatic N) is 2. The monoisotopic (exact) mass is 240 g/mol. The highest BCUT2D eigenvalue weighted by molar-refractivity contribution is 6.58. The molecule has 7 heteroatoms. The average Bonchev–Trinajstić information content (AvgIpc) is 2.70. The lowest BCUT2D eigenvalue weighted by Gasteiger charge is -2.20. The summed E-state index contributed by atoms with van der Waals surface area (Å²) in [6, 6.07) is 3.16. The molecule has 1 aromatic rings. The minimum atomic E-state index is -2.49. The first-order valence-corrected chi connectivity index (χ1v) is 5.45. The molecule has 2 atom stereocenters. The molecular weight excluding hydrogens is 229 g/mol. The van der Waals surface area contributed by atoms with Crippen LogP contribution >= 0.6 is 0 Å². The largest absolute Gasteiger partial charge is 0.490 e. The van der Waals surface area contributed by atoms with Crippen LogP contribution in [0.3, 0.4) is 0 Å². The predicted molar refractivity (Wildman–Crippen MR) is 58.2 cm³/mol. The zero-order chi connectivity index (χ0) is 12.2. The molecule has 0 radical (unpaired) electrons. The maximum atomic E-state index is 13.0. The minimum absolute atomic E-state index is 0.295. The van der Waals surface area contributed by atoms with Crippen LogP contribution in [0, 0.1) is 11.8 Å². The van der Waals surface area contributed by atoms with E-state index in [1.54, 1.807) is 11.0 Å². The maximum Gasteiger partial charge on any atom is 0.490 e. The Hall–Kier alpha value is -1.21. The van der Waals surface area contributed by atoms with E-state index in [0.29, 0.717) is 24.4 Å². The average molecular weight is 240 g/mol. The zero-order valence-electron chi connectivity index (χ0n) is 8.92. The van der Waals surface area contributed by atoms with E-state index in [4.69, 9.17) is 10.0 Å². The van der Waals surface area contributed by atoms with Crippen LogP contribution in [0.15, 0.2) is 18.3 Å². The normalized spacial score (nSPS) is 29.1. The number of rotatable bonds is 2. The van der Waals surface area contributed by atoms with E-state index in [1.807, 2.05) is 0 Å². The Balaban J connectivity index is 1.71. The van der Waals surface area contributed by atoms with Crippen LogP contribution in [0.5, 0.6) is 0 Å². The summed E-state index contributed by atoms with van der Waals surface area (Å²) in [6.07, 6.45) is 1.35. The van der Waals surface area contributed by atoms with Crippen molar-refractivity contribution in [1.82, 2.24) is 4.98 Å². The third kappa shape index (κ3) is 1.61. The van der Waals surface area contributed by atoms with E-state index in [0.717, 1.165) is 0 Å². The summed E-state index contributed by atoms with van der Waals surface area (Å²) in [7, 11) is -1.55. The van der Waals surface area contributed by atoms with Gasteiger partial charge in [-0.3, -0.25) is 0 Å². The first kappa shape index (κ1) is 10.9. The summed E-state index contributed by atoms with van der Waals surface area (Å²) in [5.74, 6) is -2.95. The standard InChI is InChI=1S/C10H11BF2N2O2/c12-10(13)7-4-15(5-8(7)10)9-2-1-6(3-14-9)11(16)17/h1-3,7-8,16-17H,4-5H2. The lowest BCUT2D eigenvalue weighted by Crippen LogP contribution is -2.32. The van der Waals surface area contributed by atoms with Crippen molar-refractivity contribution in [2.24, 2.45) is 11.8 Å². The van der Waals surface area contributed by atoms with Crippen molar-refractivity contribution in [1.29, 1.82) is 0 Å². The summed E-state index contributed by atoms with van der Waals surface area (Å²) >= 11 is 0.